The zero-order valence-electron chi connectivity index (χ0n) is 5.75. The van der Waals surface area contributed by atoms with E-state index < -0.39 is 18.4 Å². The van der Waals surface area contributed by atoms with Crippen LogP contribution in [0.25, 0.3) is 0 Å². The van der Waals surface area contributed by atoms with Gasteiger partial charge in [-0.15, -0.1) is 0 Å². The first-order valence-corrected chi connectivity index (χ1v) is 2.51. The lowest BCUT2D eigenvalue weighted by molar-refractivity contribution is -0.254. The van der Waals surface area contributed by atoms with E-state index in [1.165, 1.54) is 14.2 Å². The highest BCUT2D eigenvalue weighted by molar-refractivity contribution is 5.90. The Morgan fingerprint density at radius 2 is 1.80 bits per heavy atom. The Balaban J connectivity index is 3.47. The number of hydrogen-bond acceptors (Lipinski definition) is 5. The number of carbonyl (C=O) groups is 2. The standard InChI is InChI=1S/C5H8O5/c1-8-4(6)3-5(7)10-9-2/h3H2,1-2H3. The molecule has 0 heterocycles. The molecule has 0 radical (unpaired) electrons. The molecule has 5 heteroatoms. The summed E-state index contributed by atoms with van der Waals surface area (Å²) in [5.74, 6) is -1.42. The summed E-state index contributed by atoms with van der Waals surface area (Å²) in [6, 6.07) is 0. The predicted octanol–water partition coefficient (Wildman–Crippen LogP) is -0.346. The molecule has 5 nitrogen and oxygen atoms in total. The fourth-order valence-corrected chi connectivity index (χ4v) is 0.312. The summed E-state index contributed by atoms with van der Waals surface area (Å²) in [6.45, 7) is 0. The third-order valence-corrected chi connectivity index (χ3v) is 0.693. The van der Waals surface area contributed by atoms with Crippen LogP contribution in [0.5, 0.6) is 0 Å². The van der Waals surface area contributed by atoms with Crippen molar-refractivity contribution < 1.29 is 24.1 Å². The molecular weight excluding hydrogens is 140 g/mol. The van der Waals surface area contributed by atoms with Crippen LogP contribution in [0.2, 0.25) is 0 Å². The molecule has 0 fully saturated rings. The van der Waals surface area contributed by atoms with Crippen LogP contribution in [-0.2, 0) is 24.1 Å². The second-order valence-corrected chi connectivity index (χ2v) is 1.37. The molecule has 0 amide bonds. The predicted molar refractivity (Wildman–Crippen MR) is 29.7 cm³/mol. The summed E-state index contributed by atoms with van der Waals surface area (Å²) >= 11 is 0. The van der Waals surface area contributed by atoms with Gasteiger partial charge in [-0.1, -0.05) is 0 Å². The first kappa shape index (κ1) is 8.90. The first-order chi connectivity index (χ1) is 4.70. The zero-order chi connectivity index (χ0) is 7.98. The van der Waals surface area contributed by atoms with Gasteiger partial charge in [0, 0.05) is 0 Å². The Morgan fingerprint density at radius 3 is 2.20 bits per heavy atom. The molecule has 0 saturated carbocycles. The maximum atomic E-state index is 10.4. The zero-order valence-corrected chi connectivity index (χ0v) is 5.75. The molecule has 10 heavy (non-hydrogen) atoms. The Kier molecular flexibility index (Phi) is 4.23. The lowest BCUT2D eigenvalue weighted by Crippen LogP contribution is -2.11. The SMILES string of the molecule is COOC(=O)CC(=O)OC. The van der Waals surface area contributed by atoms with Crippen LogP contribution >= 0.6 is 0 Å². The third-order valence-electron chi connectivity index (χ3n) is 0.693. The summed E-state index contributed by atoms with van der Waals surface area (Å²) in [6.07, 6.45) is -0.426. The number of carbonyl (C=O) groups excluding carboxylic acids is 2. The van der Waals surface area contributed by atoms with Crippen molar-refractivity contribution in [1.29, 1.82) is 0 Å². The van der Waals surface area contributed by atoms with Crippen molar-refractivity contribution in [2.45, 2.75) is 6.42 Å². The molecule has 0 saturated heterocycles. The molecule has 0 aliphatic heterocycles. The van der Waals surface area contributed by atoms with Gasteiger partial charge in [0.25, 0.3) is 0 Å². The van der Waals surface area contributed by atoms with Gasteiger partial charge in [0.15, 0.2) is 0 Å². The maximum absolute atomic E-state index is 10.4. The minimum Gasteiger partial charge on any atom is -0.469 e. The molecule has 0 aromatic rings. The van der Waals surface area contributed by atoms with Gasteiger partial charge >= 0.3 is 11.9 Å². The van der Waals surface area contributed by atoms with Crippen molar-refractivity contribution >= 4 is 11.9 Å². The van der Waals surface area contributed by atoms with E-state index >= 15 is 0 Å². The molecule has 0 bridgehead atoms. The van der Waals surface area contributed by atoms with Gasteiger partial charge in [0.1, 0.15) is 6.42 Å². The minimum absolute atomic E-state index is 0.426. The molecule has 0 spiro atoms. The van der Waals surface area contributed by atoms with E-state index in [9.17, 15) is 9.59 Å². The van der Waals surface area contributed by atoms with Gasteiger partial charge in [-0.2, -0.15) is 4.89 Å². The first-order valence-electron chi connectivity index (χ1n) is 2.51. The fourth-order valence-electron chi connectivity index (χ4n) is 0.312. The van der Waals surface area contributed by atoms with Crippen molar-refractivity contribution in [3.8, 4) is 0 Å². The van der Waals surface area contributed by atoms with Crippen molar-refractivity contribution in [2.24, 2.45) is 0 Å². The van der Waals surface area contributed by atoms with Crippen molar-refractivity contribution in [2.75, 3.05) is 14.2 Å². The van der Waals surface area contributed by atoms with Gasteiger partial charge in [0.2, 0.25) is 0 Å². The van der Waals surface area contributed by atoms with Crippen LogP contribution in [0.4, 0.5) is 0 Å². The van der Waals surface area contributed by atoms with Gasteiger partial charge in [0.05, 0.1) is 14.2 Å². The normalized spacial score (nSPS) is 8.60. The quantitative estimate of drug-likeness (QED) is 0.237. The highest BCUT2D eigenvalue weighted by Crippen LogP contribution is 1.88. The van der Waals surface area contributed by atoms with Gasteiger partial charge in [-0.05, 0) is 0 Å². The molecule has 0 aromatic carbocycles. The molecule has 0 aliphatic rings. The second-order valence-electron chi connectivity index (χ2n) is 1.37. The number of hydrogen-bond donors (Lipinski definition) is 0. The van der Waals surface area contributed by atoms with E-state index in [2.05, 4.69) is 14.5 Å². The van der Waals surface area contributed by atoms with Crippen LogP contribution < -0.4 is 0 Å². The summed E-state index contributed by atoms with van der Waals surface area (Å²) < 4.78 is 4.17. The van der Waals surface area contributed by atoms with Crippen LogP contribution in [0, 0.1) is 0 Å². The van der Waals surface area contributed by atoms with Crippen molar-refractivity contribution in [3.63, 3.8) is 0 Å². The van der Waals surface area contributed by atoms with E-state index in [1.54, 1.807) is 0 Å². The maximum Gasteiger partial charge on any atom is 0.353 e. The number of rotatable bonds is 3. The molecular formula is C5H8O5. The summed E-state index contributed by atoms with van der Waals surface area (Å²) in [4.78, 5) is 28.6. The topological polar surface area (TPSA) is 61.8 Å². The van der Waals surface area contributed by atoms with Crippen molar-refractivity contribution in [3.05, 3.63) is 0 Å². The largest absolute Gasteiger partial charge is 0.469 e. The highest BCUT2D eigenvalue weighted by atomic mass is 17.2. The van der Waals surface area contributed by atoms with Crippen LogP contribution in [0.1, 0.15) is 6.42 Å². The lowest BCUT2D eigenvalue weighted by atomic mass is 10.4. The van der Waals surface area contributed by atoms with Crippen LogP contribution in [-0.4, -0.2) is 26.2 Å². The molecule has 0 N–H and O–H groups in total. The van der Waals surface area contributed by atoms with E-state index in [1.807, 2.05) is 0 Å². The Morgan fingerprint density at radius 1 is 1.20 bits per heavy atom. The molecule has 0 atom stereocenters. The van der Waals surface area contributed by atoms with Crippen LogP contribution in [0.3, 0.4) is 0 Å². The smallest absolute Gasteiger partial charge is 0.353 e. The van der Waals surface area contributed by atoms with Gasteiger partial charge < -0.3 is 4.74 Å². The number of esters is 1. The Labute approximate surface area is 57.8 Å². The average Bonchev–Trinajstić information content (AvgIpc) is 1.88. The molecule has 0 aromatic heterocycles. The lowest BCUT2D eigenvalue weighted by Gasteiger charge is -1.96. The van der Waals surface area contributed by atoms with E-state index in [-0.39, 0.29) is 0 Å². The Hall–Kier alpha value is -1.10. The number of ether oxygens (including phenoxy) is 1. The second kappa shape index (κ2) is 4.75. The van der Waals surface area contributed by atoms with E-state index in [4.69, 9.17) is 0 Å². The molecule has 0 unspecified atom stereocenters. The molecule has 0 rings (SSSR count). The van der Waals surface area contributed by atoms with Gasteiger partial charge in [-0.25, -0.2) is 4.79 Å². The third kappa shape index (κ3) is 3.85. The monoisotopic (exact) mass is 148 g/mol. The number of methoxy groups -OCH3 is 1. The summed E-state index contributed by atoms with van der Waals surface area (Å²) in [5, 5.41) is 0. The molecule has 0 aliphatic carbocycles. The van der Waals surface area contributed by atoms with Crippen LogP contribution in [0.15, 0.2) is 0 Å². The Bertz CT molecular complexity index is 130. The summed E-state index contributed by atoms with van der Waals surface area (Å²) in [7, 11) is 2.36. The molecule has 58 valence electrons. The van der Waals surface area contributed by atoms with Crippen molar-refractivity contribution in [1.82, 2.24) is 0 Å². The fraction of sp³-hybridized carbons (Fsp3) is 0.600. The van der Waals surface area contributed by atoms with E-state index in [0.717, 1.165) is 0 Å². The minimum atomic E-state index is -0.769. The summed E-state index contributed by atoms with van der Waals surface area (Å²) in [5.41, 5.74) is 0. The van der Waals surface area contributed by atoms with E-state index in [0.29, 0.717) is 0 Å². The van der Waals surface area contributed by atoms with Gasteiger partial charge in [-0.3, -0.25) is 9.68 Å². The highest BCUT2D eigenvalue weighted by Gasteiger charge is 2.10. The average molecular weight is 148 g/mol.